The Hall–Kier alpha value is -3.82. The highest BCUT2D eigenvalue weighted by Crippen LogP contribution is 2.34. The molecule has 1 aliphatic carbocycles. The number of nitrogens with zero attached hydrogens (tertiary/aromatic N) is 1. The van der Waals surface area contributed by atoms with Gasteiger partial charge in [0, 0.05) is 31.0 Å². The average molecular weight is 529 g/mol. The minimum Gasteiger partial charge on any atom is -0.465 e. The molecule has 0 radical (unpaired) electrons. The van der Waals surface area contributed by atoms with E-state index in [9.17, 15) is 28.0 Å². The van der Waals surface area contributed by atoms with Gasteiger partial charge in [-0.05, 0) is 42.5 Å². The third-order valence-corrected chi connectivity index (χ3v) is 6.86. The molecule has 2 amide bonds. The Kier molecular flexibility index (Phi) is 8.70. The van der Waals surface area contributed by atoms with Gasteiger partial charge in [-0.15, -0.1) is 0 Å². The Balaban J connectivity index is 1.36. The molecule has 8 nitrogen and oxygen atoms in total. The highest BCUT2D eigenvalue weighted by atomic mass is 19.2. The van der Waals surface area contributed by atoms with Crippen molar-refractivity contribution in [2.24, 2.45) is 5.92 Å². The minimum atomic E-state index is -1.01. The predicted octanol–water partition coefficient (Wildman–Crippen LogP) is 3.66. The van der Waals surface area contributed by atoms with E-state index >= 15 is 0 Å². The molecule has 1 aliphatic heterocycles. The molecule has 2 atom stereocenters. The number of hydrogen-bond acceptors (Lipinski definition) is 6. The molecule has 2 aromatic carbocycles. The lowest BCUT2D eigenvalue weighted by Crippen LogP contribution is -2.44. The Morgan fingerprint density at radius 3 is 2.61 bits per heavy atom. The van der Waals surface area contributed by atoms with E-state index in [1.165, 1.54) is 24.1 Å². The van der Waals surface area contributed by atoms with E-state index < -0.39 is 41.6 Å². The standard InChI is InChI=1S/C28H30F2N2O6/c1-37-27(35)19-5-2-4-18(12-19)16-38-28(36)23(13-17-8-9-17)31-24(33)14-21-10-11-25(34)32(21)15-20-6-3-7-22(29)26(20)30/h2-7,12,17,21,23H,8-11,13-16H2,1H3,(H,31,33)/t21-,23-/m0/s1. The Bertz CT molecular complexity index is 1220. The fraction of sp³-hybridized carbons (Fsp3) is 0.429. The van der Waals surface area contributed by atoms with Gasteiger partial charge in [-0.25, -0.2) is 18.4 Å². The van der Waals surface area contributed by atoms with Gasteiger partial charge < -0.3 is 19.7 Å². The van der Waals surface area contributed by atoms with Gasteiger partial charge in [0.2, 0.25) is 11.8 Å². The van der Waals surface area contributed by atoms with Crippen molar-refractivity contribution >= 4 is 23.8 Å². The number of benzene rings is 2. The SMILES string of the molecule is COC(=O)c1cccc(COC(=O)[C@H](CC2CC2)NC(=O)C[C@@H]2CCC(=O)N2Cc2cccc(F)c2F)c1. The van der Waals surface area contributed by atoms with Crippen molar-refractivity contribution in [2.75, 3.05) is 7.11 Å². The summed E-state index contributed by atoms with van der Waals surface area (Å²) in [7, 11) is 1.28. The Morgan fingerprint density at radius 2 is 1.87 bits per heavy atom. The number of amides is 2. The summed E-state index contributed by atoms with van der Waals surface area (Å²) in [6.45, 7) is -0.219. The molecular weight excluding hydrogens is 498 g/mol. The van der Waals surface area contributed by atoms with Crippen LogP contribution in [0.3, 0.4) is 0 Å². The number of rotatable bonds is 11. The second-order valence-corrected chi connectivity index (χ2v) is 9.73. The van der Waals surface area contributed by atoms with Gasteiger partial charge in [-0.3, -0.25) is 9.59 Å². The number of halogens is 2. The van der Waals surface area contributed by atoms with Gasteiger partial charge in [-0.2, -0.15) is 0 Å². The van der Waals surface area contributed by atoms with E-state index in [-0.39, 0.29) is 37.5 Å². The molecule has 0 unspecified atom stereocenters. The van der Waals surface area contributed by atoms with Crippen LogP contribution < -0.4 is 5.32 Å². The number of likely N-dealkylation sites (tertiary alicyclic amines) is 1. The fourth-order valence-corrected chi connectivity index (χ4v) is 4.61. The molecule has 2 aliphatic rings. The molecule has 0 bridgehead atoms. The van der Waals surface area contributed by atoms with Crippen LogP contribution in [0.2, 0.25) is 0 Å². The van der Waals surface area contributed by atoms with Crippen LogP contribution in [0.5, 0.6) is 0 Å². The highest BCUT2D eigenvalue weighted by molar-refractivity contribution is 5.89. The van der Waals surface area contributed by atoms with Gasteiger partial charge in [-0.1, -0.05) is 37.1 Å². The summed E-state index contributed by atoms with van der Waals surface area (Å²) in [5, 5.41) is 2.75. The number of carbonyl (C=O) groups is 4. The average Bonchev–Trinajstić information content (AvgIpc) is 3.67. The van der Waals surface area contributed by atoms with Gasteiger partial charge in [0.1, 0.15) is 12.6 Å². The third-order valence-electron chi connectivity index (χ3n) is 6.86. The number of esters is 2. The number of hydrogen-bond donors (Lipinski definition) is 1. The first kappa shape index (κ1) is 27.2. The van der Waals surface area contributed by atoms with Crippen LogP contribution in [0.25, 0.3) is 0 Å². The Morgan fingerprint density at radius 1 is 1.11 bits per heavy atom. The molecule has 10 heteroatoms. The summed E-state index contributed by atoms with van der Waals surface area (Å²) in [6.07, 6.45) is 2.90. The number of methoxy groups -OCH3 is 1. The highest BCUT2D eigenvalue weighted by Gasteiger charge is 2.35. The van der Waals surface area contributed by atoms with Gasteiger partial charge in [0.25, 0.3) is 0 Å². The van der Waals surface area contributed by atoms with Gasteiger partial charge >= 0.3 is 11.9 Å². The summed E-state index contributed by atoms with van der Waals surface area (Å²) < 4.78 is 38.0. The first-order valence-electron chi connectivity index (χ1n) is 12.6. The first-order chi connectivity index (χ1) is 18.2. The summed E-state index contributed by atoms with van der Waals surface area (Å²) in [6, 6.07) is 8.95. The van der Waals surface area contributed by atoms with E-state index in [1.807, 2.05) is 0 Å². The van der Waals surface area contributed by atoms with Crippen molar-refractivity contribution in [1.29, 1.82) is 0 Å². The van der Waals surface area contributed by atoms with Gasteiger partial charge in [0.15, 0.2) is 11.6 Å². The van der Waals surface area contributed by atoms with Crippen molar-refractivity contribution in [2.45, 2.75) is 63.8 Å². The van der Waals surface area contributed by atoms with E-state index in [1.54, 1.807) is 24.3 Å². The van der Waals surface area contributed by atoms with Crippen molar-refractivity contribution in [3.63, 3.8) is 0 Å². The van der Waals surface area contributed by atoms with E-state index in [2.05, 4.69) is 5.32 Å². The summed E-state index contributed by atoms with van der Waals surface area (Å²) in [5.41, 5.74) is 0.970. The topological polar surface area (TPSA) is 102 Å². The maximum absolute atomic E-state index is 14.2. The second kappa shape index (κ2) is 12.1. The molecule has 2 aromatic rings. The fourth-order valence-electron chi connectivity index (χ4n) is 4.61. The van der Waals surface area contributed by atoms with Crippen molar-refractivity contribution < 1.29 is 37.4 Å². The summed E-state index contributed by atoms with van der Waals surface area (Å²) in [5.74, 6) is -3.46. The van der Waals surface area contributed by atoms with Gasteiger partial charge in [0.05, 0.1) is 12.7 Å². The molecule has 2 fully saturated rings. The monoisotopic (exact) mass is 528 g/mol. The molecule has 4 rings (SSSR count). The lowest BCUT2D eigenvalue weighted by molar-refractivity contribution is -0.149. The zero-order valence-electron chi connectivity index (χ0n) is 21.1. The first-order valence-corrected chi connectivity index (χ1v) is 12.6. The maximum Gasteiger partial charge on any atom is 0.337 e. The molecule has 202 valence electrons. The zero-order chi connectivity index (χ0) is 27.2. The van der Waals surface area contributed by atoms with Crippen LogP contribution in [-0.4, -0.2) is 47.8 Å². The molecule has 0 spiro atoms. The number of carbonyl (C=O) groups excluding carboxylic acids is 4. The molecule has 1 N–H and O–H groups in total. The largest absolute Gasteiger partial charge is 0.465 e. The van der Waals surface area contributed by atoms with Crippen molar-refractivity contribution in [3.05, 3.63) is 70.8 Å². The lowest BCUT2D eigenvalue weighted by Gasteiger charge is -2.26. The summed E-state index contributed by atoms with van der Waals surface area (Å²) >= 11 is 0. The number of nitrogens with one attached hydrogen (secondary N) is 1. The Labute approximate surface area is 219 Å². The number of ether oxygens (including phenoxy) is 2. The van der Waals surface area contributed by atoms with E-state index in [0.29, 0.717) is 29.9 Å². The molecule has 0 aromatic heterocycles. The second-order valence-electron chi connectivity index (χ2n) is 9.73. The van der Waals surface area contributed by atoms with E-state index in [4.69, 9.17) is 9.47 Å². The maximum atomic E-state index is 14.2. The van der Waals surface area contributed by atoms with Crippen LogP contribution >= 0.6 is 0 Å². The third kappa shape index (κ3) is 6.93. The molecule has 1 heterocycles. The minimum absolute atomic E-state index is 0.0390. The van der Waals surface area contributed by atoms with Crippen LogP contribution in [0.15, 0.2) is 42.5 Å². The molecule has 1 saturated heterocycles. The smallest absolute Gasteiger partial charge is 0.337 e. The molecule has 1 saturated carbocycles. The predicted molar refractivity (Wildman–Crippen MR) is 131 cm³/mol. The van der Waals surface area contributed by atoms with Crippen LogP contribution in [0, 0.1) is 17.6 Å². The molecule has 38 heavy (non-hydrogen) atoms. The quantitative estimate of drug-likeness (QED) is 0.447. The summed E-state index contributed by atoms with van der Waals surface area (Å²) in [4.78, 5) is 51.4. The van der Waals surface area contributed by atoms with Crippen LogP contribution in [0.4, 0.5) is 8.78 Å². The zero-order valence-corrected chi connectivity index (χ0v) is 21.1. The van der Waals surface area contributed by atoms with Crippen molar-refractivity contribution in [1.82, 2.24) is 10.2 Å². The van der Waals surface area contributed by atoms with Crippen molar-refractivity contribution in [3.8, 4) is 0 Å². The van der Waals surface area contributed by atoms with Crippen LogP contribution in [0.1, 0.15) is 60.0 Å². The van der Waals surface area contributed by atoms with E-state index in [0.717, 1.165) is 18.9 Å². The normalized spacial score (nSPS) is 17.7. The molecular formula is C28H30F2N2O6. The van der Waals surface area contributed by atoms with Crippen LogP contribution in [-0.2, 0) is 37.0 Å². The lowest BCUT2D eigenvalue weighted by atomic mass is 10.1.